The summed E-state index contributed by atoms with van der Waals surface area (Å²) in [6, 6.07) is 0. The van der Waals surface area contributed by atoms with Crippen molar-refractivity contribution in [1.82, 2.24) is 0 Å². The number of halogens is 1. The third-order valence-corrected chi connectivity index (χ3v) is 0. The Labute approximate surface area is 47.3 Å². The fraction of sp³-hybridized carbons (Fsp3) is 0. The zero-order valence-corrected chi connectivity index (χ0v) is 6.54. The van der Waals surface area contributed by atoms with Gasteiger partial charge in [0.15, 0.2) is 0 Å². The monoisotopic (exact) mass is 164 g/mol. The van der Waals surface area contributed by atoms with Crippen molar-refractivity contribution < 1.29 is 36.3 Å². The Morgan fingerprint density at radius 2 is 1.50 bits per heavy atom. The zero-order chi connectivity index (χ0) is 4.50. The molecule has 0 rings (SSSR count). The largest absolute Gasteiger partial charge is 0.435 e. The number of rotatable bonds is 0. The molecule has 0 aromatic carbocycles. The predicted octanol–water partition coefficient (Wildman–Crippen LogP) is -0.244. The second-order valence-corrected chi connectivity index (χ2v) is 1.24. The minimum absolute atomic E-state index is 0. The molecule has 0 unspecified atom stereocenters. The minimum Gasteiger partial charge on any atom is -0.260 e. The van der Waals surface area contributed by atoms with Crippen molar-refractivity contribution in [2.75, 3.05) is 0 Å². The molecule has 0 aromatic rings. The zero-order valence-electron chi connectivity index (χ0n) is 2.76. The Hall–Kier alpha value is 0.463. The fourth-order valence-corrected chi connectivity index (χ4v) is 0. The van der Waals surface area contributed by atoms with Gasteiger partial charge < -0.3 is 0 Å². The SMILES string of the molecule is O=S(=O)(O)F.[Zn]. The van der Waals surface area contributed by atoms with Gasteiger partial charge in [0.25, 0.3) is 0 Å². The van der Waals surface area contributed by atoms with Crippen LogP contribution in [0.3, 0.4) is 0 Å². The van der Waals surface area contributed by atoms with Crippen LogP contribution in [0, 0.1) is 0 Å². The second-order valence-electron chi connectivity index (χ2n) is 0.412. The number of hydrogen-bond acceptors (Lipinski definition) is 2. The van der Waals surface area contributed by atoms with E-state index in [0.29, 0.717) is 0 Å². The van der Waals surface area contributed by atoms with Crippen LogP contribution in [0.5, 0.6) is 0 Å². The molecule has 0 saturated heterocycles. The van der Waals surface area contributed by atoms with E-state index in [-0.39, 0.29) is 19.5 Å². The molecule has 1 N–H and O–H groups in total. The van der Waals surface area contributed by atoms with Gasteiger partial charge in [-0.25, -0.2) is 0 Å². The molecular weight excluding hydrogens is 164 g/mol. The van der Waals surface area contributed by atoms with E-state index in [1.165, 1.54) is 0 Å². The van der Waals surface area contributed by atoms with Crippen molar-refractivity contribution >= 4 is 10.5 Å². The van der Waals surface area contributed by atoms with E-state index in [9.17, 15) is 3.89 Å². The van der Waals surface area contributed by atoms with Gasteiger partial charge in [-0.05, 0) is 0 Å². The quantitative estimate of drug-likeness (QED) is 0.306. The molecule has 0 atom stereocenters. The fourth-order valence-electron chi connectivity index (χ4n) is 0. The second kappa shape index (κ2) is 2.61. The molecule has 0 aliphatic rings. The maximum atomic E-state index is 10.2. The summed E-state index contributed by atoms with van der Waals surface area (Å²) in [6.45, 7) is 0. The normalized spacial score (nSPS) is 9.67. The van der Waals surface area contributed by atoms with Crippen LogP contribution < -0.4 is 0 Å². The summed E-state index contributed by atoms with van der Waals surface area (Å²) in [7, 11) is -5.17. The maximum absolute atomic E-state index is 10.2. The van der Waals surface area contributed by atoms with Crippen LogP contribution in [0.1, 0.15) is 0 Å². The summed E-state index contributed by atoms with van der Waals surface area (Å²) in [5, 5.41) is 0. The summed E-state index contributed by atoms with van der Waals surface area (Å²) in [5.74, 6) is 0. The van der Waals surface area contributed by atoms with Gasteiger partial charge in [-0.3, -0.25) is 4.55 Å². The summed E-state index contributed by atoms with van der Waals surface area (Å²) in [4.78, 5) is 0. The van der Waals surface area contributed by atoms with Crippen molar-refractivity contribution in [3.05, 3.63) is 0 Å². The predicted molar refractivity (Wildman–Crippen MR) is 12.7 cm³/mol. The molecule has 0 bridgehead atoms. The standard InChI is InChI=1S/FHO3S.Zn/c1-5(2,3)4;/h(H,2,3,4);. The Morgan fingerprint density at radius 1 is 1.50 bits per heavy atom. The van der Waals surface area contributed by atoms with Gasteiger partial charge in [-0.1, -0.05) is 3.89 Å². The minimum atomic E-state index is -5.17. The van der Waals surface area contributed by atoms with Gasteiger partial charge >= 0.3 is 10.5 Å². The van der Waals surface area contributed by atoms with Crippen molar-refractivity contribution in [2.45, 2.75) is 0 Å². The summed E-state index contributed by atoms with van der Waals surface area (Å²) >= 11 is 0. The summed E-state index contributed by atoms with van der Waals surface area (Å²) in [5.41, 5.74) is 0. The maximum Gasteiger partial charge on any atom is 0.435 e. The molecule has 0 radical (unpaired) electrons. The third kappa shape index (κ3) is 249. The Morgan fingerprint density at radius 3 is 1.50 bits per heavy atom. The van der Waals surface area contributed by atoms with Gasteiger partial charge in [0.1, 0.15) is 0 Å². The average Bonchev–Trinajstić information content (AvgIpc) is 0.722. The number of hydrogen-bond donors (Lipinski definition) is 1. The molecule has 0 saturated carbocycles. The van der Waals surface area contributed by atoms with Gasteiger partial charge in [0, 0.05) is 19.5 Å². The topological polar surface area (TPSA) is 54.4 Å². The van der Waals surface area contributed by atoms with Crippen molar-refractivity contribution in [3.63, 3.8) is 0 Å². The van der Waals surface area contributed by atoms with Gasteiger partial charge in [0.2, 0.25) is 0 Å². The van der Waals surface area contributed by atoms with E-state index >= 15 is 0 Å². The van der Waals surface area contributed by atoms with Crippen molar-refractivity contribution in [2.24, 2.45) is 0 Å². The molecule has 3 nitrogen and oxygen atoms in total. The molecule has 0 aliphatic heterocycles. The van der Waals surface area contributed by atoms with E-state index in [0.717, 1.165) is 0 Å². The first kappa shape index (κ1) is 9.68. The van der Waals surface area contributed by atoms with Crippen molar-refractivity contribution in [1.29, 1.82) is 0 Å². The Kier molecular flexibility index (Phi) is 4.21. The molecule has 0 fully saturated rings. The van der Waals surface area contributed by atoms with Crippen LogP contribution >= 0.6 is 0 Å². The molecule has 0 aromatic heterocycles. The molecule has 0 spiro atoms. The third-order valence-electron chi connectivity index (χ3n) is 0. The van der Waals surface area contributed by atoms with Gasteiger partial charge in [-0.2, -0.15) is 8.42 Å². The first-order valence-electron chi connectivity index (χ1n) is 0.670. The van der Waals surface area contributed by atoms with Gasteiger partial charge in [0.05, 0.1) is 0 Å². The van der Waals surface area contributed by atoms with Crippen LogP contribution in [0.15, 0.2) is 0 Å². The first-order chi connectivity index (χ1) is 2.00. The van der Waals surface area contributed by atoms with Crippen LogP contribution in [0.4, 0.5) is 3.89 Å². The average molecular weight is 165 g/mol. The van der Waals surface area contributed by atoms with E-state index in [1.807, 2.05) is 0 Å². The molecular formula is HFO3SZn. The van der Waals surface area contributed by atoms with E-state index in [2.05, 4.69) is 0 Å². The smallest absolute Gasteiger partial charge is 0.260 e. The Balaban J connectivity index is 0. The molecule has 34 valence electrons. The molecule has 6 heavy (non-hydrogen) atoms. The first-order valence-corrected chi connectivity index (χ1v) is 2.01. The summed E-state index contributed by atoms with van der Waals surface area (Å²) in [6.07, 6.45) is 0. The van der Waals surface area contributed by atoms with Crippen LogP contribution in [0.2, 0.25) is 0 Å². The van der Waals surface area contributed by atoms with E-state index in [4.69, 9.17) is 13.0 Å². The molecule has 0 heterocycles. The van der Waals surface area contributed by atoms with Crippen molar-refractivity contribution in [3.8, 4) is 0 Å². The van der Waals surface area contributed by atoms with E-state index < -0.39 is 10.5 Å². The Bertz CT molecular complexity index is 94.0. The van der Waals surface area contributed by atoms with E-state index in [1.54, 1.807) is 0 Å². The molecule has 0 aliphatic carbocycles. The molecule has 0 amide bonds. The van der Waals surface area contributed by atoms with Crippen LogP contribution in [-0.4, -0.2) is 13.0 Å². The summed E-state index contributed by atoms with van der Waals surface area (Å²) < 4.78 is 34.1. The molecule has 6 heteroatoms. The van der Waals surface area contributed by atoms with Crippen LogP contribution in [0.25, 0.3) is 0 Å². The van der Waals surface area contributed by atoms with Crippen LogP contribution in [-0.2, 0) is 30.0 Å². The van der Waals surface area contributed by atoms with Gasteiger partial charge in [-0.15, -0.1) is 0 Å².